The molecule has 110 valence electrons. The molecule has 0 saturated carbocycles. The van der Waals surface area contributed by atoms with Crippen LogP contribution in [-0.2, 0) is 0 Å². The fourth-order valence-corrected chi connectivity index (χ4v) is 1.75. The van der Waals surface area contributed by atoms with Crippen molar-refractivity contribution < 1.29 is 14.4 Å². The Bertz CT molecular complexity index is 675. The van der Waals surface area contributed by atoms with E-state index in [0.717, 1.165) is 0 Å². The van der Waals surface area contributed by atoms with Crippen molar-refractivity contribution >= 4 is 11.5 Å². The number of anilines is 1. The van der Waals surface area contributed by atoms with Crippen LogP contribution >= 0.6 is 0 Å². The number of hydrogen-bond acceptors (Lipinski definition) is 7. The summed E-state index contributed by atoms with van der Waals surface area (Å²) < 4.78 is 10.8. The molecule has 2 aromatic rings. The molecule has 8 heteroatoms. The largest absolute Gasteiger partial charge is 0.493 e. The summed E-state index contributed by atoms with van der Waals surface area (Å²) in [6.07, 6.45) is 1.35. The lowest BCUT2D eigenvalue weighted by Gasteiger charge is -2.12. The van der Waals surface area contributed by atoms with Crippen molar-refractivity contribution in [1.29, 1.82) is 0 Å². The molecule has 1 aromatic carbocycles. The molecule has 2 rings (SSSR count). The molecular formula is C13H14N4O4. The Morgan fingerprint density at radius 2 is 2.05 bits per heavy atom. The van der Waals surface area contributed by atoms with E-state index in [9.17, 15) is 10.1 Å². The van der Waals surface area contributed by atoms with E-state index in [4.69, 9.17) is 9.47 Å². The van der Waals surface area contributed by atoms with Crippen LogP contribution in [0.15, 0.2) is 24.5 Å². The first kappa shape index (κ1) is 14.5. The number of rotatable bonds is 5. The predicted molar refractivity (Wildman–Crippen MR) is 76.0 cm³/mol. The topological polar surface area (TPSA) is 99.4 Å². The van der Waals surface area contributed by atoms with Gasteiger partial charge in [-0.1, -0.05) is 0 Å². The van der Waals surface area contributed by atoms with Gasteiger partial charge in [0, 0.05) is 13.1 Å². The van der Waals surface area contributed by atoms with Crippen LogP contribution in [0.3, 0.4) is 0 Å². The lowest BCUT2D eigenvalue weighted by molar-refractivity contribution is -0.384. The second-order valence-electron chi connectivity index (χ2n) is 4.10. The van der Waals surface area contributed by atoms with Gasteiger partial charge in [0.05, 0.1) is 23.7 Å². The smallest absolute Gasteiger partial charge is 0.273 e. The van der Waals surface area contributed by atoms with Crippen LogP contribution in [0.1, 0.15) is 5.56 Å². The molecule has 0 radical (unpaired) electrons. The van der Waals surface area contributed by atoms with Crippen LogP contribution < -0.4 is 14.8 Å². The highest BCUT2D eigenvalue weighted by Crippen LogP contribution is 2.35. The fraction of sp³-hybridized carbons (Fsp3) is 0.231. The van der Waals surface area contributed by atoms with Crippen molar-refractivity contribution in [3.05, 3.63) is 40.2 Å². The number of nitro benzene ring substituents is 1. The monoisotopic (exact) mass is 290 g/mol. The standard InChI is InChI=1S/C13H14N4O4/c1-8-12(14-2)15-7-16-13(8)21-11-6-9(17(18)19)4-5-10(11)20-3/h4-7H,1-3H3,(H,14,15,16). The highest BCUT2D eigenvalue weighted by atomic mass is 16.6. The van der Waals surface area contributed by atoms with Crippen LogP contribution in [0.25, 0.3) is 0 Å². The average molecular weight is 290 g/mol. The maximum Gasteiger partial charge on any atom is 0.273 e. The van der Waals surface area contributed by atoms with Gasteiger partial charge in [-0.2, -0.15) is 0 Å². The minimum Gasteiger partial charge on any atom is -0.493 e. The zero-order valence-corrected chi connectivity index (χ0v) is 11.8. The molecular weight excluding hydrogens is 276 g/mol. The van der Waals surface area contributed by atoms with Crippen LogP contribution in [0, 0.1) is 17.0 Å². The third-order valence-corrected chi connectivity index (χ3v) is 2.84. The SMILES string of the molecule is CNc1ncnc(Oc2cc([N+](=O)[O-])ccc2OC)c1C. The number of nitrogens with one attached hydrogen (secondary N) is 1. The summed E-state index contributed by atoms with van der Waals surface area (Å²) in [5.41, 5.74) is 0.597. The molecule has 0 aliphatic carbocycles. The minimum atomic E-state index is -0.502. The van der Waals surface area contributed by atoms with E-state index in [1.165, 1.54) is 31.6 Å². The first-order chi connectivity index (χ1) is 10.1. The molecule has 0 bridgehead atoms. The molecule has 0 aliphatic heterocycles. The number of benzene rings is 1. The van der Waals surface area contributed by atoms with E-state index in [1.54, 1.807) is 14.0 Å². The van der Waals surface area contributed by atoms with Gasteiger partial charge < -0.3 is 14.8 Å². The average Bonchev–Trinajstić information content (AvgIpc) is 2.49. The van der Waals surface area contributed by atoms with E-state index < -0.39 is 4.92 Å². The second-order valence-corrected chi connectivity index (χ2v) is 4.10. The molecule has 1 N–H and O–H groups in total. The summed E-state index contributed by atoms with van der Waals surface area (Å²) in [4.78, 5) is 18.4. The Balaban J connectivity index is 2.43. The predicted octanol–water partition coefficient (Wildman–Crippen LogP) is 2.54. The zero-order chi connectivity index (χ0) is 15.4. The molecule has 8 nitrogen and oxygen atoms in total. The summed E-state index contributed by atoms with van der Waals surface area (Å²) >= 11 is 0. The second kappa shape index (κ2) is 6.04. The molecule has 21 heavy (non-hydrogen) atoms. The number of methoxy groups -OCH3 is 1. The summed E-state index contributed by atoms with van der Waals surface area (Å²) in [6, 6.07) is 4.11. The molecule has 0 aliphatic rings. The lowest BCUT2D eigenvalue weighted by atomic mass is 10.2. The van der Waals surface area contributed by atoms with Crippen LogP contribution in [0.4, 0.5) is 11.5 Å². The third kappa shape index (κ3) is 2.99. The van der Waals surface area contributed by atoms with Gasteiger partial charge in [0.1, 0.15) is 12.1 Å². The summed E-state index contributed by atoms with van der Waals surface area (Å²) in [6.45, 7) is 1.78. The maximum absolute atomic E-state index is 10.8. The van der Waals surface area contributed by atoms with Crippen molar-refractivity contribution in [1.82, 2.24) is 9.97 Å². The molecule has 0 spiro atoms. The Kier molecular flexibility index (Phi) is 4.17. The van der Waals surface area contributed by atoms with Crippen molar-refractivity contribution in [3.63, 3.8) is 0 Å². The van der Waals surface area contributed by atoms with Gasteiger partial charge in [-0.25, -0.2) is 9.97 Å². The molecule has 0 atom stereocenters. The Hall–Kier alpha value is -2.90. The Labute approximate surface area is 120 Å². The number of hydrogen-bond donors (Lipinski definition) is 1. The normalized spacial score (nSPS) is 10.0. The van der Waals surface area contributed by atoms with Gasteiger partial charge in [-0.05, 0) is 13.0 Å². The number of nitrogens with zero attached hydrogens (tertiary/aromatic N) is 3. The summed E-state index contributed by atoms with van der Waals surface area (Å²) in [5.74, 6) is 1.51. The fourth-order valence-electron chi connectivity index (χ4n) is 1.75. The van der Waals surface area contributed by atoms with Gasteiger partial charge in [0.2, 0.25) is 5.88 Å². The van der Waals surface area contributed by atoms with E-state index in [0.29, 0.717) is 23.0 Å². The van der Waals surface area contributed by atoms with Crippen molar-refractivity contribution in [2.24, 2.45) is 0 Å². The molecule has 0 unspecified atom stereocenters. The Morgan fingerprint density at radius 3 is 2.67 bits per heavy atom. The molecule has 0 fully saturated rings. The van der Waals surface area contributed by atoms with Crippen molar-refractivity contribution in [3.8, 4) is 17.4 Å². The van der Waals surface area contributed by atoms with Crippen LogP contribution in [0.5, 0.6) is 17.4 Å². The maximum atomic E-state index is 10.8. The molecule has 1 aromatic heterocycles. The van der Waals surface area contributed by atoms with E-state index in [-0.39, 0.29) is 11.4 Å². The summed E-state index contributed by atoms with van der Waals surface area (Å²) in [7, 11) is 3.19. The molecule has 0 saturated heterocycles. The number of aromatic nitrogens is 2. The van der Waals surface area contributed by atoms with Gasteiger partial charge >= 0.3 is 0 Å². The van der Waals surface area contributed by atoms with Crippen molar-refractivity contribution in [2.45, 2.75) is 6.92 Å². The van der Waals surface area contributed by atoms with Gasteiger partial charge in [-0.3, -0.25) is 10.1 Å². The minimum absolute atomic E-state index is 0.0913. The van der Waals surface area contributed by atoms with Gasteiger partial charge in [-0.15, -0.1) is 0 Å². The third-order valence-electron chi connectivity index (χ3n) is 2.84. The van der Waals surface area contributed by atoms with Gasteiger partial charge in [0.15, 0.2) is 11.5 Å². The van der Waals surface area contributed by atoms with Crippen LogP contribution in [-0.4, -0.2) is 29.0 Å². The van der Waals surface area contributed by atoms with E-state index >= 15 is 0 Å². The Morgan fingerprint density at radius 1 is 1.29 bits per heavy atom. The first-order valence-corrected chi connectivity index (χ1v) is 6.06. The van der Waals surface area contributed by atoms with Crippen molar-refractivity contribution in [2.75, 3.05) is 19.5 Å². The number of nitro groups is 1. The van der Waals surface area contributed by atoms with E-state index in [1.807, 2.05) is 0 Å². The van der Waals surface area contributed by atoms with Crippen LogP contribution in [0.2, 0.25) is 0 Å². The zero-order valence-electron chi connectivity index (χ0n) is 11.8. The molecule has 1 heterocycles. The highest BCUT2D eigenvalue weighted by Gasteiger charge is 2.15. The van der Waals surface area contributed by atoms with Gasteiger partial charge in [0.25, 0.3) is 5.69 Å². The summed E-state index contributed by atoms with van der Waals surface area (Å²) in [5, 5.41) is 13.8. The number of ether oxygens (including phenoxy) is 2. The van der Waals surface area contributed by atoms with E-state index in [2.05, 4.69) is 15.3 Å². The quantitative estimate of drug-likeness (QED) is 0.667. The molecule has 0 amide bonds. The first-order valence-electron chi connectivity index (χ1n) is 6.06. The number of non-ortho nitro benzene ring substituents is 1. The highest BCUT2D eigenvalue weighted by molar-refractivity contribution is 5.52. The lowest BCUT2D eigenvalue weighted by Crippen LogP contribution is -2.01.